The van der Waals surface area contributed by atoms with Gasteiger partial charge in [-0.05, 0) is 202 Å². The molecule has 0 aliphatic heterocycles. The molecule has 19 rings (SSSR count). The van der Waals surface area contributed by atoms with Crippen molar-refractivity contribution in [1.29, 1.82) is 0 Å². The van der Waals surface area contributed by atoms with E-state index in [9.17, 15) is 0 Å². The van der Waals surface area contributed by atoms with Crippen LogP contribution in [0.5, 0.6) is 0 Å². The molecule has 0 unspecified atom stereocenters. The minimum absolute atomic E-state index is 0.444. The van der Waals surface area contributed by atoms with Gasteiger partial charge in [0.2, 0.25) is 0 Å². The van der Waals surface area contributed by atoms with Crippen LogP contribution >= 0.6 is 0 Å². The zero-order valence-corrected chi connectivity index (χ0v) is 60.7. The Morgan fingerprint density at radius 2 is 0.407 bits per heavy atom. The monoisotopic (exact) mass is 1390 g/mol. The summed E-state index contributed by atoms with van der Waals surface area (Å²) in [7, 11) is 6.42. The Balaban J connectivity index is 0.000000123. The molecule has 17 aromatic rings. The summed E-state index contributed by atoms with van der Waals surface area (Å²) < 4.78 is 0. The van der Waals surface area contributed by atoms with Crippen molar-refractivity contribution in [1.82, 2.24) is 0 Å². The van der Waals surface area contributed by atoms with E-state index in [0.29, 0.717) is 0 Å². The lowest BCUT2D eigenvalue weighted by atomic mass is 9.70. The maximum Gasteiger partial charge on any atom is 0.0727 e. The molecule has 518 valence electrons. The van der Waals surface area contributed by atoms with Gasteiger partial charge in [0.25, 0.3) is 0 Å². The molecule has 2 aliphatic carbocycles. The van der Waals surface area contributed by atoms with Crippen molar-refractivity contribution < 1.29 is 0 Å². The average Bonchev–Trinajstić information content (AvgIpc) is 1.51. The van der Waals surface area contributed by atoms with Crippen LogP contribution in [-0.4, -0.2) is 21.1 Å². The number of para-hydroxylation sites is 9. The van der Waals surface area contributed by atoms with E-state index < -0.39 is 5.41 Å². The number of hydrogen-bond acceptors (Lipinski definition) is 6. The summed E-state index contributed by atoms with van der Waals surface area (Å²) in [4.78, 5) is 13.8. The van der Waals surface area contributed by atoms with Gasteiger partial charge in [-0.25, -0.2) is 0 Å². The molecule has 0 radical (unpaired) electrons. The summed E-state index contributed by atoms with van der Waals surface area (Å²) in [6.07, 6.45) is 0. The minimum Gasteiger partial charge on any atom is -0.345 e. The van der Waals surface area contributed by atoms with Crippen molar-refractivity contribution in [3.63, 3.8) is 0 Å². The van der Waals surface area contributed by atoms with Crippen molar-refractivity contribution in [2.24, 2.45) is 0 Å². The van der Waals surface area contributed by atoms with Crippen molar-refractivity contribution in [2.45, 2.75) is 5.41 Å². The summed E-state index contributed by atoms with van der Waals surface area (Å²) in [6, 6.07) is 154. The summed E-state index contributed by atoms with van der Waals surface area (Å²) >= 11 is 0. The Kier molecular flexibility index (Phi) is 18.7. The third-order valence-corrected chi connectivity index (χ3v) is 21.2. The lowest BCUT2D eigenvalue weighted by Crippen LogP contribution is -2.26. The summed E-state index contributed by atoms with van der Waals surface area (Å²) in [5.41, 5.74) is 27.5. The van der Waals surface area contributed by atoms with Gasteiger partial charge in [0.15, 0.2) is 0 Å². The first-order chi connectivity index (χ1) is 53.4. The molecule has 0 amide bonds. The molecule has 0 bridgehead atoms. The van der Waals surface area contributed by atoms with Gasteiger partial charge < -0.3 is 29.4 Å². The molecule has 0 aromatic heterocycles. The highest BCUT2D eigenvalue weighted by Gasteiger charge is 2.52. The van der Waals surface area contributed by atoms with Gasteiger partial charge in [0.05, 0.1) is 16.8 Å². The van der Waals surface area contributed by atoms with E-state index in [-0.39, 0.29) is 0 Å². The smallest absolute Gasteiger partial charge is 0.0727 e. The van der Waals surface area contributed by atoms with Crippen LogP contribution in [0.2, 0.25) is 0 Å². The molecule has 0 atom stereocenters. The normalized spacial score (nSPS) is 11.7. The van der Waals surface area contributed by atoms with Crippen LogP contribution in [-0.2, 0) is 5.41 Å². The van der Waals surface area contributed by atoms with E-state index in [1.54, 1.807) is 0 Å². The van der Waals surface area contributed by atoms with Gasteiger partial charge in [-0.15, -0.1) is 0 Å². The second kappa shape index (κ2) is 30.0. The van der Waals surface area contributed by atoms with Gasteiger partial charge in [0, 0.05) is 117 Å². The topological polar surface area (TPSA) is 19.4 Å². The first-order valence-corrected chi connectivity index (χ1v) is 37.0. The van der Waals surface area contributed by atoms with Crippen molar-refractivity contribution in [3.05, 3.63) is 453 Å². The number of benzene rings is 17. The Morgan fingerprint density at radius 1 is 0.157 bits per heavy atom. The lowest BCUT2D eigenvalue weighted by molar-refractivity contribution is 0.793. The average molecular weight is 1390 g/mol. The molecule has 108 heavy (non-hydrogen) atoms. The number of anilines is 15. The third kappa shape index (κ3) is 12.6. The molecule has 6 nitrogen and oxygen atoms in total. The standard InChI is InChI=1S/C44H32N2.2C29H24N2/c1-45(31-15-5-2-6-16-31)34-25-27-38-39-28-26-35(46(32-17-7-3-8-18-32)33-19-9-4-10-20-33)30-43(39)44(42(38)29-34)40-23-13-11-21-36(40)37-22-12-14-24-41(37)44;1-30(23-13-5-2-6-14-23)28-21-11-20-27-26(28)19-12-22-29(27)31(24-15-7-3-8-16-24)25-17-9-4-10-18-25;1-30(23-13-5-2-6-14-23)28-21-22-29(27-20-12-11-19-26(27)28)31(24-15-7-3-8-16-24)25-17-9-4-10-18-25/h2-30H,1H3;2*2-22H,1H3. The van der Waals surface area contributed by atoms with Crippen molar-refractivity contribution in [3.8, 4) is 22.3 Å². The molecule has 0 heterocycles. The quantitative estimate of drug-likeness (QED) is 0.101. The summed E-state index contributed by atoms with van der Waals surface area (Å²) in [5, 5.41) is 4.89. The molecule has 0 saturated carbocycles. The molecule has 6 heteroatoms. The molecule has 2 aliphatic rings. The minimum atomic E-state index is -0.444. The first kappa shape index (κ1) is 67.2. The predicted octanol–water partition coefficient (Wildman–Crippen LogP) is 27.4. The van der Waals surface area contributed by atoms with Crippen LogP contribution in [0.3, 0.4) is 0 Å². The van der Waals surface area contributed by atoms with Crippen LogP contribution in [0.1, 0.15) is 22.3 Å². The Bertz CT molecular complexity index is 5600. The Hall–Kier alpha value is -13.9. The van der Waals surface area contributed by atoms with E-state index in [1.165, 1.54) is 112 Å². The molecule has 1 spiro atoms. The summed E-state index contributed by atoms with van der Waals surface area (Å²) in [6.45, 7) is 0. The first-order valence-electron chi connectivity index (χ1n) is 37.0. The van der Waals surface area contributed by atoms with Gasteiger partial charge >= 0.3 is 0 Å². The maximum absolute atomic E-state index is 2.45. The number of hydrogen-bond donors (Lipinski definition) is 0. The van der Waals surface area contributed by atoms with Crippen LogP contribution < -0.4 is 29.4 Å². The van der Waals surface area contributed by atoms with E-state index in [1.807, 2.05) is 0 Å². The molecule has 0 saturated heterocycles. The lowest BCUT2D eigenvalue weighted by Gasteiger charge is -2.32. The van der Waals surface area contributed by atoms with Gasteiger partial charge in [-0.3, -0.25) is 0 Å². The van der Waals surface area contributed by atoms with Crippen LogP contribution in [0.25, 0.3) is 43.8 Å². The molecule has 17 aromatic carbocycles. The van der Waals surface area contributed by atoms with Gasteiger partial charge in [0.1, 0.15) is 0 Å². The van der Waals surface area contributed by atoms with Crippen molar-refractivity contribution >= 4 is 107 Å². The zero-order valence-electron chi connectivity index (χ0n) is 60.7. The second-order valence-electron chi connectivity index (χ2n) is 27.3. The predicted molar refractivity (Wildman–Crippen MR) is 458 cm³/mol. The Labute approximate surface area is 634 Å². The third-order valence-electron chi connectivity index (χ3n) is 21.2. The van der Waals surface area contributed by atoms with E-state index in [4.69, 9.17) is 0 Å². The Morgan fingerprint density at radius 3 is 0.796 bits per heavy atom. The highest BCUT2D eigenvalue weighted by Crippen LogP contribution is 2.64. The fraction of sp³-hybridized carbons (Fsp3) is 0.0392. The van der Waals surface area contributed by atoms with Crippen molar-refractivity contribution in [2.75, 3.05) is 50.5 Å². The van der Waals surface area contributed by atoms with Crippen LogP contribution in [0, 0.1) is 0 Å². The van der Waals surface area contributed by atoms with E-state index in [0.717, 1.165) is 39.8 Å². The van der Waals surface area contributed by atoms with E-state index in [2.05, 4.69) is 481 Å². The largest absolute Gasteiger partial charge is 0.345 e. The maximum atomic E-state index is 2.45. The molecule has 0 fully saturated rings. The van der Waals surface area contributed by atoms with Gasteiger partial charge in [-0.2, -0.15) is 0 Å². The second-order valence-corrected chi connectivity index (χ2v) is 27.3. The highest BCUT2D eigenvalue weighted by molar-refractivity contribution is 6.07. The van der Waals surface area contributed by atoms with Gasteiger partial charge in [-0.1, -0.05) is 273 Å². The number of rotatable bonds is 15. The van der Waals surface area contributed by atoms with E-state index >= 15 is 0 Å². The molecule has 0 N–H and O–H groups in total. The fourth-order valence-electron chi connectivity index (χ4n) is 16.1. The number of nitrogens with zero attached hydrogens (tertiary/aromatic N) is 6. The van der Waals surface area contributed by atoms with Crippen LogP contribution in [0.4, 0.5) is 85.3 Å². The number of fused-ring (bicyclic) bond motifs is 12. The molecular formula is C102H80N6. The molecular weight excluding hydrogens is 1310 g/mol. The summed E-state index contributed by atoms with van der Waals surface area (Å²) in [5.74, 6) is 0. The highest BCUT2D eigenvalue weighted by atomic mass is 15.2. The fourth-order valence-corrected chi connectivity index (χ4v) is 16.1. The SMILES string of the molecule is CN(c1ccccc1)c1ccc(N(c2ccccc2)c2ccccc2)c2ccccc12.CN(c1ccccc1)c1ccc2c(c1)C1(c3ccccc3-c3ccccc31)c1cc(N(c3ccccc3)c3ccccc3)ccc1-2.CN(c1ccccc1)c1cccc2c(N(c3ccccc3)c3ccccc3)cccc12. The van der Waals surface area contributed by atoms with Crippen LogP contribution in [0.15, 0.2) is 431 Å². The zero-order chi connectivity index (χ0) is 72.8.